The monoisotopic (exact) mass is 211 g/mol. The maximum Gasteiger partial charge on any atom is 0.145 e. The van der Waals surface area contributed by atoms with Gasteiger partial charge in [0, 0.05) is 12.0 Å². The summed E-state index contributed by atoms with van der Waals surface area (Å²) in [5, 5.41) is 0. The molecule has 2 aromatic carbocycles. The van der Waals surface area contributed by atoms with Crippen LogP contribution in [-0.2, 0) is 6.42 Å². The number of rotatable bonds is 1. The summed E-state index contributed by atoms with van der Waals surface area (Å²) in [6.45, 7) is 0. The number of nitrogen functional groups attached to an aromatic ring is 1. The Morgan fingerprint density at radius 2 is 1.88 bits per heavy atom. The molecule has 0 fully saturated rings. The summed E-state index contributed by atoms with van der Waals surface area (Å²) in [5.41, 5.74) is 11.7. The molecule has 0 aromatic heterocycles. The van der Waals surface area contributed by atoms with Gasteiger partial charge in [-0.2, -0.15) is 0 Å². The summed E-state index contributed by atoms with van der Waals surface area (Å²) in [7, 11) is 1.68. The second kappa shape index (κ2) is 3.27. The molecule has 1 aliphatic carbocycles. The zero-order chi connectivity index (χ0) is 11.1. The number of hydrogen-bond acceptors (Lipinski definition) is 2. The Balaban J connectivity index is 2.28. The first-order valence-electron chi connectivity index (χ1n) is 5.35. The molecule has 2 aromatic rings. The Morgan fingerprint density at radius 3 is 2.69 bits per heavy atom. The number of hydrogen-bond donors (Lipinski definition) is 1. The van der Waals surface area contributed by atoms with E-state index in [0.717, 1.165) is 12.2 Å². The van der Waals surface area contributed by atoms with Gasteiger partial charge in [0.15, 0.2) is 0 Å². The van der Waals surface area contributed by atoms with Gasteiger partial charge in [0.2, 0.25) is 0 Å². The van der Waals surface area contributed by atoms with E-state index in [9.17, 15) is 0 Å². The van der Waals surface area contributed by atoms with Crippen LogP contribution in [0.3, 0.4) is 0 Å². The number of ether oxygens (including phenoxy) is 1. The van der Waals surface area contributed by atoms with Gasteiger partial charge in [-0.05, 0) is 22.8 Å². The van der Waals surface area contributed by atoms with Crippen molar-refractivity contribution in [1.29, 1.82) is 0 Å². The van der Waals surface area contributed by atoms with E-state index in [1.54, 1.807) is 7.11 Å². The molecule has 0 atom stereocenters. The fraction of sp³-hybridized carbons (Fsp3) is 0.143. The lowest BCUT2D eigenvalue weighted by Gasteiger charge is -2.09. The Morgan fingerprint density at radius 1 is 1.06 bits per heavy atom. The predicted octanol–water partition coefficient (Wildman–Crippen LogP) is 2.85. The van der Waals surface area contributed by atoms with Crippen molar-refractivity contribution in [3.63, 3.8) is 0 Å². The highest BCUT2D eigenvalue weighted by molar-refractivity contribution is 5.82. The molecule has 2 heteroatoms. The first-order valence-corrected chi connectivity index (χ1v) is 5.35. The topological polar surface area (TPSA) is 35.2 Å². The van der Waals surface area contributed by atoms with E-state index in [1.165, 1.54) is 22.3 Å². The van der Waals surface area contributed by atoms with Crippen molar-refractivity contribution in [2.45, 2.75) is 6.42 Å². The molecule has 0 aliphatic heterocycles. The van der Waals surface area contributed by atoms with Crippen LogP contribution in [0.4, 0.5) is 5.69 Å². The number of nitrogens with two attached hydrogens (primary N) is 1. The number of anilines is 1. The van der Waals surface area contributed by atoms with Crippen LogP contribution in [0.5, 0.6) is 5.75 Å². The fourth-order valence-electron chi connectivity index (χ4n) is 2.44. The van der Waals surface area contributed by atoms with Gasteiger partial charge in [-0.1, -0.05) is 30.3 Å². The van der Waals surface area contributed by atoms with E-state index >= 15 is 0 Å². The summed E-state index contributed by atoms with van der Waals surface area (Å²) >= 11 is 0. The molecule has 2 N–H and O–H groups in total. The van der Waals surface area contributed by atoms with Gasteiger partial charge in [0.1, 0.15) is 5.75 Å². The largest absolute Gasteiger partial charge is 0.494 e. The van der Waals surface area contributed by atoms with Gasteiger partial charge in [-0.3, -0.25) is 0 Å². The SMILES string of the molecule is COc1c(N)ccc2c1Cc1ccccc1-2. The second-order valence-electron chi connectivity index (χ2n) is 4.05. The van der Waals surface area contributed by atoms with Crippen molar-refractivity contribution in [3.8, 4) is 16.9 Å². The van der Waals surface area contributed by atoms with Gasteiger partial charge in [-0.15, -0.1) is 0 Å². The quantitative estimate of drug-likeness (QED) is 0.628. The lowest BCUT2D eigenvalue weighted by molar-refractivity contribution is 0.413. The smallest absolute Gasteiger partial charge is 0.145 e. The zero-order valence-electron chi connectivity index (χ0n) is 9.16. The van der Waals surface area contributed by atoms with Crippen LogP contribution in [0.15, 0.2) is 36.4 Å². The van der Waals surface area contributed by atoms with Crippen LogP contribution in [0.2, 0.25) is 0 Å². The minimum Gasteiger partial charge on any atom is -0.494 e. The molecule has 0 spiro atoms. The number of methoxy groups -OCH3 is 1. The lowest BCUT2D eigenvalue weighted by atomic mass is 10.0. The molecule has 3 rings (SSSR count). The van der Waals surface area contributed by atoms with Crippen LogP contribution in [0.25, 0.3) is 11.1 Å². The van der Waals surface area contributed by atoms with E-state index < -0.39 is 0 Å². The minimum absolute atomic E-state index is 0.717. The van der Waals surface area contributed by atoms with Crippen molar-refractivity contribution < 1.29 is 4.74 Å². The third kappa shape index (κ3) is 1.13. The van der Waals surface area contributed by atoms with Crippen molar-refractivity contribution >= 4 is 5.69 Å². The summed E-state index contributed by atoms with van der Waals surface area (Å²) in [5.74, 6) is 0.828. The van der Waals surface area contributed by atoms with Crippen molar-refractivity contribution in [2.75, 3.05) is 12.8 Å². The van der Waals surface area contributed by atoms with Gasteiger partial charge >= 0.3 is 0 Å². The van der Waals surface area contributed by atoms with Gasteiger partial charge in [-0.25, -0.2) is 0 Å². The minimum atomic E-state index is 0.717. The second-order valence-corrected chi connectivity index (χ2v) is 4.05. The normalized spacial score (nSPS) is 12.1. The Kier molecular flexibility index (Phi) is 1.90. The zero-order valence-corrected chi connectivity index (χ0v) is 9.16. The maximum absolute atomic E-state index is 5.91. The molecular formula is C14H13NO. The third-order valence-corrected chi connectivity index (χ3v) is 3.17. The standard InChI is InChI=1S/C14H13NO/c1-16-14-12-8-9-4-2-3-5-10(9)11(12)6-7-13(14)15/h2-7H,8,15H2,1H3. The lowest BCUT2D eigenvalue weighted by Crippen LogP contribution is -1.96. The summed E-state index contributed by atoms with van der Waals surface area (Å²) < 4.78 is 5.39. The van der Waals surface area contributed by atoms with Crippen molar-refractivity contribution in [3.05, 3.63) is 47.5 Å². The molecule has 80 valence electrons. The molecule has 0 unspecified atom stereocenters. The van der Waals surface area contributed by atoms with Crippen LogP contribution in [-0.4, -0.2) is 7.11 Å². The predicted molar refractivity (Wildman–Crippen MR) is 65.6 cm³/mol. The fourth-order valence-corrected chi connectivity index (χ4v) is 2.44. The van der Waals surface area contributed by atoms with Crippen LogP contribution in [0, 0.1) is 0 Å². The van der Waals surface area contributed by atoms with E-state index in [-0.39, 0.29) is 0 Å². The molecule has 16 heavy (non-hydrogen) atoms. The van der Waals surface area contributed by atoms with Crippen LogP contribution in [0.1, 0.15) is 11.1 Å². The first-order chi connectivity index (χ1) is 7.81. The Bertz CT molecular complexity index is 561. The number of fused-ring (bicyclic) bond motifs is 3. The molecule has 0 heterocycles. The Labute approximate surface area is 94.7 Å². The van der Waals surface area contributed by atoms with E-state index in [0.29, 0.717) is 5.69 Å². The molecule has 0 bridgehead atoms. The average Bonchev–Trinajstić information content (AvgIpc) is 2.67. The maximum atomic E-state index is 5.91. The molecule has 0 saturated carbocycles. The highest BCUT2D eigenvalue weighted by Gasteiger charge is 2.22. The van der Waals surface area contributed by atoms with Gasteiger partial charge < -0.3 is 10.5 Å². The van der Waals surface area contributed by atoms with Gasteiger partial charge in [0.25, 0.3) is 0 Å². The molecule has 0 amide bonds. The first kappa shape index (κ1) is 9.28. The summed E-state index contributed by atoms with van der Waals surface area (Å²) in [4.78, 5) is 0. The summed E-state index contributed by atoms with van der Waals surface area (Å²) in [6, 6.07) is 12.4. The third-order valence-electron chi connectivity index (χ3n) is 3.17. The molecular weight excluding hydrogens is 198 g/mol. The average molecular weight is 211 g/mol. The van der Waals surface area contributed by atoms with Crippen molar-refractivity contribution in [1.82, 2.24) is 0 Å². The Hall–Kier alpha value is -1.96. The number of benzene rings is 2. The molecule has 0 saturated heterocycles. The molecule has 1 aliphatic rings. The molecule has 2 nitrogen and oxygen atoms in total. The molecule has 0 radical (unpaired) electrons. The van der Waals surface area contributed by atoms with E-state index in [1.807, 2.05) is 6.07 Å². The highest BCUT2D eigenvalue weighted by Crippen LogP contribution is 2.43. The van der Waals surface area contributed by atoms with E-state index in [4.69, 9.17) is 10.5 Å². The van der Waals surface area contributed by atoms with Crippen LogP contribution >= 0.6 is 0 Å². The van der Waals surface area contributed by atoms with Gasteiger partial charge in [0.05, 0.1) is 12.8 Å². The van der Waals surface area contributed by atoms with Crippen LogP contribution < -0.4 is 10.5 Å². The summed E-state index contributed by atoms with van der Waals surface area (Å²) in [6.07, 6.45) is 0.916. The van der Waals surface area contributed by atoms with Crippen molar-refractivity contribution in [2.24, 2.45) is 0 Å². The highest BCUT2D eigenvalue weighted by atomic mass is 16.5. The van der Waals surface area contributed by atoms with E-state index in [2.05, 4.69) is 30.3 Å².